The molecule has 0 aliphatic rings. The minimum atomic E-state index is -5.55. The summed E-state index contributed by atoms with van der Waals surface area (Å²) in [6, 6.07) is 0. The highest BCUT2D eigenvalue weighted by Gasteiger charge is 2.44. The van der Waals surface area contributed by atoms with Gasteiger partial charge in [-0.25, -0.2) is 0 Å². The van der Waals surface area contributed by atoms with Gasteiger partial charge in [-0.05, 0) is 0 Å². The molecule has 1 aromatic heterocycles. The average molecular weight is 292 g/mol. The molecule has 0 bridgehead atoms. The predicted octanol–water partition coefficient (Wildman–Crippen LogP) is 2.20. The summed E-state index contributed by atoms with van der Waals surface area (Å²) < 4.78 is 75.9. The average Bonchev–Trinajstić information content (AvgIpc) is 2.16. The zero-order valence-corrected chi connectivity index (χ0v) is 8.43. The van der Waals surface area contributed by atoms with Crippen molar-refractivity contribution in [3.63, 3.8) is 0 Å². The first-order valence-electron chi connectivity index (χ1n) is 4.16. The van der Waals surface area contributed by atoms with Crippen LogP contribution in [0.2, 0.25) is 0 Å². The molecule has 1 rings (SSSR count). The zero-order chi connectivity index (χ0) is 15.0. The van der Waals surface area contributed by atoms with E-state index in [1.807, 2.05) is 0 Å². The van der Waals surface area contributed by atoms with Crippen LogP contribution in [0.4, 0.5) is 32.0 Å². The largest absolute Gasteiger partial charge is 0.573 e. The minimum Gasteiger partial charge on any atom is -0.392 e. The first-order valence-corrected chi connectivity index (χ1v) is 4.16. The number of nitrogens with one attached hydrogen (secondary N) is 1. The van der Waals surface area contributed by atoms with Crippen molar-refractivity contribution >= 4 is 5.69 Å². The summed E-state index contributed by atoms with van der Waals surface area (Å²) in [6.07, 6.45) is -11.0. The first kappa shape index (κ1) is 14.8. The maximum absolute atomic E-state index is 12.4. The van der Waals surface area contributed by atoms with Gasteiger partial charge in [-0.15, -0.1) is 13.2 Å². The molecule has 0 aromatic carbocycles. The number of H-pyrrole nitrogens is 1. The standard InChI is InChI=1S/C7H2F6N2O4/c8-6(9,10)2-1-14-5(16)4(3(2)15(17)18)19-7(11,12)13/h1H,(H,14,16). The maximum atomic E-state index is 12.4. The Morgan fingerprint density at radius 3 is 2.11 bits per heavy atom. The molecule has 0 amide bonds. The Hall–Kier alpha value is -2.27. The first-order chi connectivity index (χ1) is 8.43. The van der Waals surface area contributed by atoms with E-state index in [0.29, 0.717) is 0 Å². The topological polar surface area (TPSA) is 85.2 Å². The van der Waals surface area contributed by atoms with Crippen LogP contribution in [-0.4, -0.2) is 16.3 Å². The number of aromatic amines is 1. The third kappa shape index (κ3) is 3.35. The Kier molecular flexibility index (Phi) is 3.45. The monoisotopic (exact) mass is 292 g/mol. The molecule has 0 spiro atoms. The predicted molar refractivity (Wildman–Crippen MR) is 45.4 cm³/mol. The van der Waals surface area contributed by atoms with E-state index in [9.17, 15) is 41.3 Å². The molecule has 0 radical (unpaired) electrons. The second kappa shape index (κ2) is 4.44. The molecule has 0 saturated carbocycles. The third-order valence-electron chi connectivity index (χ3n) is 1.73. The highest BCUT2D eigenvalue weighted by molar-refractivity contribution is 5.51. The van der Waals surface area contributed by atoms with Crippen LogP contribution in [0, 0.1) is 10.1 Å². The lowest BCUT2D eigenvalue weighted by Gasteiger charge is -2.11. The summed E-state index contributed by atoms with van der Waals surface area (Å²) in [5, 5.41) is 10.4. The Labute approximate surface area is 98.3 Å². The number of nitro groups is 1. The van der Waals surface area contributed by atoms with Crippen molar-refractivity contribution in [2.45, 2.75) is 12.5 Å². The number of hydrogen-bond acceptors (Lipinski definition) is 4. The number of pyridine rings is 1. The maximum Gasteiger partial charge on any atom is 0.573 e. The van der Waals surface area contributed by atoms with Crippen LogP contribution in [0.3, 0.4) is 0 Å². The molecule has 0 aliphatic heterocycles. The van der Waals surface area contributed by atoms with Crippen LogP contribution in [-0.2, 0) is 6.18 Å². The summed E-state index contributed by atoms with van der Waals surface area (Å²) in [5.41, 5.74) is -5.97. The number of hydrogen-bond donors (Lipinski definition) is 1. The van der Waals surface area contributed by atoms with E-state index < -0.39 is 40.0 Å². The van der Waals surface area contributed by atoms with Gasteiger partial charge in [0.25, 0.3) is 11.3 Å². The van der Waals surface area contributed by atoms with E-state index in [1.54, 1.807) is 0 Å². The molecule has 0 atom stereocenters. The molecule has 1 N–H and O–H groups in total. The summed E-state index contributed by atoms with van der Waals surface area (Å²) >= 11 is 0. The molecule has 19 heavy (non-hydrogen) atoms. The van der Waals surface area contributed by atoms with E-state index in [4.69, 9.17) is 0 Å². The number of nitrogens with zero attached hydrogens (tertiary/aromatic N) is 1. The molecule has 6 nitrogen and oxygen atoms in total. The van der Waals surface area contributed by atoms with Crippen molar-refractivity contribution in [2.24, 2.45) is 0 Å². The quantitative estimate of drug-likeness (QED) is 0.514. The van der Waals surface area contributed by atoms with Crippen LogP contribution < -0.4 is 10.3 Å². The lowest BCUT2D eigenvalue weighted by atomic mass is 10.2. The van der Waals surface area contributed by atoms with E-state index in [-0.39, 0.29) is 6.20 Å². The van der Waals surface area contributed by atoms with Gasteiger partial charge in [-0.3, -0.25) is 14.9 Å². The Balaban J connectivity index is 3.61. The SMILES string of the molecule is O=c1[nH]cc(C(F)(F)F)c([N+](=O)[O-])c1OC(F)(F)F. The van der Waals surface area contributed by atoms with Gasteiger partial charge in [0, 0.05) is 6.20 Å². The Bertz CT molecular complexity index is 560. The zero-order valence-electron chi connectivity index (χ0n) is 8.43. The smallest absolute Gasteiger partial charge is 0.392 e. The van der Waals surface area contributed by atoms with Crippen molar-refractivity contribution in [3.05, 3.63) is 32.2 Å². The van der Waals surface area contributed by atoms with E-state index in [1.165, 1.54) is 4.98 Å². The number of aromatic nitrogens is 1. The number of halogens is 6. The summed E-state index contributed by atoms with van der Waals surface area (Å²) in [4.78, 5) is 20.9. The van der Waals surface area contributed by atoms with E-state index in [2.05, 4.69) is 4.74 Å². The van der Waals surface area contributed by atoms with Crippen molar-refractivity contribution in [1.29, 1.82) is 0 Å². The van der Waals surface area contributed by atoms with Crippen molar-refractivity contribution in [1.82, 2.24) is 4.98 Å². The van der Waals surface area contributed by atoms with Crippen LogP contribution in [0.1, 0.15) is 5.56 Å². The summed E-state index contributed by atoms with van der Waals surface area (Å²) in [5.74, 6) is -2.08. The van der Waals surface area contributed by atoms with Gasteiger partial charge in [0.1, 0.15) is 0 Å². The van der Waals surface area contributed by atoms with Gasteiger partial charge in [-0.2, -0.15) is 13.2 Å². The number of alkyl halides is 6. The lowest BCUT2D eigenvalue weighted by Crippen LogP contribution is -2.25. The fraction of sp³-hybridized carbons (Fsp3) is 0.286. The summed E-state index contributed by atoms with van der Waals surface area (Å²) in [6.45, 7) is 0. The third-order valence-corrected chi connectivity index (χ3v) is 1.73. The highest BCUT2D eigenvalue weighted by atomic mass is 19.4. The Morgan fingerprint density at radius 2 is 1.74 bits per heavy atom. The minimum absolute atomic E-state index is 0.107. The second-order valence-corrected chi connectivity index (χ2v) is 3.01. The van der Waals surface area contributed by atoms with Crippen LogP contribution >= 0.6 is 0 Å². The highest BCUT2D eigenvalue weighted by Crippen LogP contribution is 2.40. The molecule has 0 unspecified atom stereocenters. The van der Waals surface area contributed by atoms with Gasteiger partial charge in [0.05, 0.1) is 4.92 Å². The van der Waals surface area contributed by atoms with Crippen LogP contribution in [0.25, 0.3) is 0 Å². The fourth-order valence-electron chi connectivity index (χ4n) is 1.11. The normalized spacial score (nSPS) is 12.3. The molecule has 0 saturated heterocycles. The lowest BCUT2D eigenvalue weighted by molar-refractivity contribution is -0.392. The molecule has 0 aliphatic carbocycles. The van der Waals surface area contributed by atoms with Gasteiger partial charge < -0.3 is 9.72 Å². The molecule has 106 valence electrons. The van der Waals surface area contributed by atoms with Gasteiger partial charge in [0.15, 0.2) is 5.56 Å². The van der Waals surface area contributed by atoms with Gasteiger partial charge >= 0.3 is 18.2 Å². The fourth-order valence-corrected chi connectivity index (χ4v) is 1.11. The molecular weight excluding hydrogens is 290 g/mol. The molecule has 1 heterocycles. The van der Waals surface area contributed by atoms with E-state index in [0.717, 1.165) is 0 Å². The number of rotatable bonds is 2. The van der Waals surface area contributed by atoms with Crippen molar-refractivity contribution in [2.75, 3.05) is 0 Å². The van der Waals surface area contributed by atoms with E-state index >= 15 is 0 Å². The number of ether oxygens (including phenoxy) is 1. The summed E-state index contributed by atoms with van der Waals surface area (Å²) in [7, 11) is 0. The molecule has 1 aromatic rings. The van der Waals surface area contributed by atoms with Crippen LogP contribution in [0.15, 0.2) is 11.0 Å². The van der Waals surface area contributed by atoms with Crippen molar-refractivity contribution < 1.29 is 36.0 Å². The second-order valence-electron chi connectivity index (χ2n) is 3.01. The van der Waals surface area contributed by atoms with Crippen LogP contribution in [0.5, 0.6) is 5.75 Å². The molecule has 12 heteroatoms. The molecule has 0 fully saturated rings. The van der Waals surface area contributed by atoms with Gasteiger partial charge in [0.2, 0.25) is 0 Å². The Morgan fingerprint density at radius 1 is 1.21 bits per heavy atom. The van der Waals surface area contributed by atoms with Crippen molar-refractivity contribution in [3.8, 4) is 5.75 Å². The van der Waals surface area contributed by atoms with Gasteiger partial charge in [-0.1, -0.05) is 0 Å². The molecular formula is C7H2F6N2O4.